The molecule has 4 heteroatoms. The highest BCUT2D eigenvalue weighted by atomic mass is 16.5. The van der Waals surface area contributed by atoms with Crippen molar-refractivity contribution in [2.45, 2.75) is 0 Å². The van der Waals surface area contributed by atoms with Crippen LogP contribution in [0.4, 0.5) is 0 Å². The van der Waals surface area contributed by atoms with Crippen LogP contribution in [0.2, 0.25) is 0 Å². The van der Waals surface area contributed by atoms with E-state index in [0.29, 0.717) is 23.3 Å². The van der Waals surface area contributed by atoms with E-state index in [2.05, 4.69) is 0 Å². The van der Waals surface area contributed by atoms with Crippen LogP contribution in [0, 0.1) is 0 Å². The summed E-state index contributed by atoms with van der Waals surface area (Å²) in [6.45, 7) is 1.35. The molecule has 1 aliphatic carbocycles. The first kappa shape index (κ1) is 13.5. The number of ketones is 2. The summed E-state index contributed by atoms with van der Waals surface area (Å²) in [6.07, 6.45) is 7.30. The van der Waals surface area contributed by atoms with E-state index in [4.69, 9.17) is 4.74 Å². The van der Waals surface area contributed by atoms with Crippen molar-refractivity contribution in [1.29, 1.82) is 0 Å². The van der Waals surface area contributed by atoms with Gasteiger partial charge in [-0.05, 0) is 17.7 Å². The largest absolute Gasteiger partial charge is 0.383 e. The summed E-state index contributed by atoms with van der Waals surface area (Å²) < 4.78 is 5.02. The van der Waals surface area contributed by atoms with Crippen LogP contribution in [0.5, 0.6) is 0 Å². The third-order valence-corrected chi connectivity index (χ3v) is 3.60. The molecule has 4 nitrogen and oxygen atoms in total. The van der Waals surface area contributed by atoms with Gasteiger partial charge in [0.1, 0.15) is 0 Å². The topological polar surface area (TPSA) is 46.6 Å². The lowest BCUT2D eigenvalue weighted by molar-refractivity contribution is 0.0988. The summed E-state index contributed by atoms with van der Waals surface area (Å²) in [5.41, 5.74) is 1.91. The zero-order chi connectivity index (χ0) is 14.8. The predicted octanol–water partition coefficient (Wildman–Crippen LogP) is 2.35. The molecule has 106 valence electrons. The van der Waals surface area contributed by atoms with Crippen LogP contribution < -0.4 is 0 Å². The Morgan fingerprint density at radius 2 is 1.57 bits per heavy atom. The number of carbonyl (C=O) groups is 2. The maximum Gasteiger partial charge on any atom is 0.198 e. The Bertz CT molecular complexity index is 645. The first-order chi connectivity index (χ1) is 10.2. The molecule has 1 aromatic rings. The van der Waals surface area contributed by atoms with Gasteiger partial charge < -0.3 is 9.64 Å². The van der Waals surface area contributed by atoms with Gasteiger partial charge in [-0.3, -0.25) is 9.59 Å². The number of fused-ring (bicyclic) bond motifs is 1. The predicted molar refractivity (Wildman–Crippen MR) is 79.0 cm³/mol. The fourth-order valence-electron chi connectivity index (χ4n) is 2.48. The molecular formula is C17H15NO3. The summed E-state index contributed by atoms with van der Waals surface area (Å²) in [6, 6.07) is 6.95. The van der Waals surface area contributed by atoms with Crippen LogP contribution in [0.1, 0.15) is 20.7 Å². The van der Waals surface area contributed by atoms with E-state index in [1.807, 2.05) is 17.3 Å². The molecule has 0 atom stereocenters. The molecule has 21 heavy (non-hydrogen) atoms. The van der Waals surface area contributed by atoms with Gasteiger partial charge in [-0.25, -0.2) is 0 Å². The molecule has 0 fully saturated rings. The minimum atomic E-state index is -0.190. The van der Waals surface area contributed by atoms with Gasteiger partial charge in [0.2, 0.25) is 0 Å². The number of hydrogen-bond acceptors (Lipinski definition) is 4. The Balaban J connectivity index is 1.91. The van der Waals surface area contributed by atoms with E-state index in [0.717, 1.165) is 6.54 Å². The monoisotopic (exact) mass is 281 g/mol. The number of nitrogens with zero attached hydrogens (tertiary/aromatic N) is 1. The van der Waals surface area contributed by atoms with E-state index in [-0.39, 0.29) is 17.1 Å². The van der Waals surface area contributed by atoms with Crippen LogP contribution in [-0.2, 0) is 4.74 Å². The average Bonchev–Trinajstić information content (AvgIpc) is 2.78. The summed E-state index contributed by atoms with van der Waals surface area (Å²) >= 11 is 0. The van der Waals surface area contributed by atoms with Gasteiger partial charge in [0.15, 0.2) is 11.6 Å². The van der Waals surface area contributed by atoms with Crippen molar-refractivity contribution >= 4 is 11.6 Å². The van der Waals surface area contributed by atoms with Crippen LogP contribution in [0.25, 0.3) is 0 Å². The van der Waals surface area contributed by atoms with Crippen LogP contribution in [0.3, 0.4) is 0 Å². The normalized spacial score (nSPS) is 16.9. The molecule has 1 aromatic carbocycles. The number of rotatable bonds is 3. The smallest absolute Gasteiger partial charge is 0.198 e. The van der Waals surface area contributed by atoms with E-state index in [9.17, 15) is 9.59 Å². The number of benzene rings is 1. The fraction of sp³-hybridized carbons (Fsp3) is 0.176. The number of methoxy groups -OCH3 is 1. The Labute approximate surface area is 123 Å². The summed E-state index contributed by atoms with van der Waals surface area (Å²) in [5, 5.41) is 0. The third-order valence-electron chi connectivity index (χ3n) is 3.60. The van der Waals surface area contributed by atoms with Gasteiger partial charge >= 0.3 is 0 Å². The molecule has 1 aliphatic heterocycles. The Kier molecular flexibility index (Phi) is 3.54. The van der Waals surface area contributed by atoms with Crippen molar-refractivity contribution in [3.63, 3.8) is 0 Å². The van der Waals surface area contributed by atoms with E-state index >= 15 is 0 Å². The quantitative estimate of drug-likeness (QED) is 0.630. The van der Waals surface area contributed by atoms with Crippen molar-refractivity contribution in [3.8, 4) is 0 Å². The standard InChI is InChI=1S/C17H15NO3/c1-21-11-10-18-8-6-12(7-9-18)15-16(19)13-4-2-3-5-14(13)17(15)20/h2-9H,10-11H2,1H3. The average molecular weight is 281 g/mol. The number of allylic oxidation sites excluding steroid dienone is 4. The maximum atomic E-state index is 12.4. The molecular weight excluding hydrogens is 266 g/mol. The maximum absolute atomic E-state index is 12.4. The number of hydrogen-bond donors (Lipinski definition) is 0. The first-order valence-electron chi connectivity index (χ1n) is 6.76. The van der Waals surface area contributed by atoms with Crippen LogP contribution in [0.15, 0.2) is 60.0 Å². The second-order valence-corrected chi connectivity index (χ2v) is 4.90. The molecule has 0 radical (unpaired) electrons. The number of ether oxygens (including phenoxy) is 1. The summed E-state index contributed by atoms with van der Waals surface area (Å²) in [7, 11) is 1.65. The highest BCUT2D eigenvalue weighted by Crippen LogP contribution is 2.30. The zero-order valence-corrected chi connectivity index (χ0v) is 11.7. The lowest BCUT2D eigenvalue weighted by atomic mass is 10.0. The molecule has 1 heterocycles. The molecule has 0 saturated carbocycles. The minimum Gasteiger partial charge on any atom is -0.383 e. The van der Waals surface area contributed by atoms with Crippen molar-refractivity contribution in [2.75, 3.05) is 20.3 Å². The van der Waals surface area contributed by atoms with Crippen molar-refractivity contribution in [3.05, 3.63) is 71.1 Å². The SMILES string of the molecule is COCCN1C=CC(=C2C(=O)c3ccccc3C2=O)C=C1. The second-order valence-electron chi connectivity index (χ2n) is 4.90. The van der Waals surface area contributed by atoms with Crippen molar-refractivity contribution < 1.29 is 14.3 Å². The highest BCUT2D eigenvalue weighted by molar-refractivity contribution is 6.40. The molecule has 0 spiro atoms. The lowest BCUT2D eigenvalue weighted by Gasteiger charge is -2.18. The van der Waals surface area contributed by atoms with Crippen molar-refractivity contribution in [1.82, 2.24) is 4.90 Å². The second kappa shape index (κ2) is 5.50. The molecule has 0 saturated heterocycles. The van der Waals surface area contributed by atoms with Crippen LogP contribution in [-0.4, -0.2) is 36.7 Å². The molecule has 0 aromatic heterocycles. The van der Waals surface area contributed by atoms with Gasteiger partial charge in [-0.2, -0.15) is 0 Å². The summed E-state index contributed by atoms with van der Waals surface area (Å²) in [4.78, 5) is 26.7. The van der Waals surface area contributed by atoms with Gasteiger partial charge in [-0.15, -0.1) is 0 Å². The fourth-order valence-corrected chi connectivity index (χ4v) is 2.48. The Morgan fingerprint density at radius 3 is 2.10 bits per heavy atom. The van der Waals surface area contributed by atoms with Gasteiger partial charge in [0, 0.05) is 37.2 Å². The molecule has 0 unspecified atom stereocenters. The molecule has 0 bridgehead atoms. The van der Waals surface area contributed by atoms with E-state index < -0.39 is 0 Å². The Hall–Kier alpha value is -2.46. The molecule has 2 aliphatic rings. The van der Waals surface area contributed by atoms with E-state index in [1.54, 1.807) is 43.5 Å². The first-order valence-corrected chi connectivity index (χ1v) is 6.76. The van der Waals surface area contributed by atoms with E-state index in [1.165, 1.54) is 0 Å². The lowest BCUT2D eigenvalue weighted by Crippen LogP contribution is -2.18. The molecule has 3 rings (SSSR count). The minimum absolute atomic E-state index is 0.190. The van der Waals surface area contributed by atoms with Crippen molar-refractivity contribution in [2.24, 2.45) is 0 Å². The number of Topliss-reactive ketones (excluding diaryl/α,β-unsaturated/α-hetero) is 2. The highest BCUT2D eigenvalue weighted by Gasteiger charge is 2.34. The van der Waals surface area contributed by atoms with Crippen LogP contribution >= 0.6 is 0 Å². The Morgan fingerprint density at radius 1 is 1.00 bits per heavy atom. The molecule has 0 N–H and O–H groups in total. The third kappa shape index (κ3) is 2.34. The zero-order valence-electron chi connectivity index (χ0n) is 11.7. The summed E-state index contributed by atoms with van der Waals surface area (Å²) in [5.74, 6) is -0.379. The van der Waals surface area contributed by atoms with Gasteiger partial charge in [0.05, 0.1) is 12.2 Å². The molecule has 0 amide bonds. The van der Waals surface area contributed by atoms with Gasteiger partial charge in [-0.1, -0.05) is 24.3 Å². The number of carbonyl (C=O) groups excluding carboxylic acids is 2. The van der Waals surface area contributed by atoms with Gasteiger partial charge in [0.25, 0.3) is 0 Å².